The van der Waals surface area contributed by atoms with Crippen molar-refractivity contribution in [2.45, 2.75) is 40.0 Å². The van der Waals surface area contributed by atoms with Crippen molar-refractivity contribution in [1.82, 2.24) is 9.97 Å². The van der Waals surface area contributed by atoms with E-state index in [2.05, 4.69) is 47.4 Å². The molecule has 4 nitrogen and oxygen atoms in total. The van der Waals surface area contributed by atoms with Gasteiger partial charge in [0.25, 0.3) is 0 Å². The molecule has 0 amide bonds. The summed E-state index contributed by atoms with van der Waals surface area (Å²) in [6, 6.07) is 8.14. The van der Waals surface area contributed by atoms with Crippen LogP contribution in [0.4, 0.5) is 11.8 Å². The van der Waals surface area contributed by atoms with Gasteiger partial charge in [0.15, 0.2) is 0 Å². The summed E-state index contributed by atoms with van der Waals surface area (Å²) in [6.07, 6.45) is 3.72. The van der Waals surface area contributed by atoms with Gasteiger partial charge in [0.1, 0.15) is 5.82 Å². The summed E-state index contributed by atoms with van der Waals surface area (Å²) in [5.41, 5.74) is 0.980. The first-order valence-electron chi connectivity index (χ1n) is 7.95. The summed E-state index contributed by atoms with van der Waals surface area (Å²) in [5, 5.41) is 7.75. The lowest BCUT2D eigenvalue weighted by Crippen LogP contribution is -2.08. The van der Waals surface area contributed by atoms with E-state index in [4.69, 9.17) is 0 Å². The van der Waals surface area contributed by atoms with Crippen molar-refractivity contribution >= 4 is 22.7 Å². The molecular weight excluding hydrogens is 260 g/mol. The van der Waals surface area contributed by atoms with Crippen LogP contribution in [0.2, 0.25) is 0 Å². The number of benzene rings is 1. The van der Waals surface area contributed by atoms with Crippen LogP contribution in [-0.4, -0.2) is 23.1 Å². The fraction of sp³-hybridized carbons (Fsp3) is 0.529. The smallest absolute Gasteiger partial charge is 0.225 e. The highest BCUT2D eigenvalue weighted by atomic mass is 15.1. The summed E-state index contributed by atoms with van der Waals surface area (Å²) in [5.74, 6) is 2.41. The molecule has 0 bridgehead atoms. The monoisotopic (exact) mass is 286 g/mol. The Balaban J connectivity index is 2.06. The second kappa shape index (κ2) is 7.81. The van der Waals surface area contributed by atoms with Crippen LogP contribution in [0.5, 0.6) is 0 Å². The molecule has 0 saturated carbocycles. The lowest BCUT2D eigenvalue weighted by molar-refractivity contribution is 0.544. The number of anilines is 2. The molecule has 114 valence electrons. The van der Waals surface area contributed by atoms with Gasteiger partial charge in [-0.25, -0.2) is 4.98 Å². The van der Waals surface area contributed by atoms with E-state index in [1.165, 1.54) is 19.3 Å². The minimum atomic E-state index is 0.695. The molecule has 2 N–H and O–H groups in total. The number of fused-ring (bicyclic) bond motifs is 1. The van der Waals surface area contributed by atoms with Crippen molar-refractivity contribution in [3.8, 4) is 0 Å². The lowest BCUT2D eigenvalue weighted by Gasteiger charge is -2.11. The zero-order chi connectivity index (χ0) is 15.1. The fourth-order valence-electron chi connectivity index (χ4n) is 2.33. The molecule has 0 radical (unpaired) electrons. The highest BCUT2D eigenvalue weighted by Crippen LogP contribution is 2.21. The van der Waals surface area contributed by atoms with E-state index in [1.807, 2.05) is 18.2 Å². The Kier molecular flexibility index (Phi) is 5.78. The van der Waals surface area contributed by atoms with Gasteiger partial charge in [0.2, 0.25) is 5.95 Å². The number of para-hydroxylation sites is 1. The molecule has 0 saturated heterocycles. The Bertz CT molecular complexity index is 566. The third-order valence-electron chi connectivity index (χ3n) is 3.44. The quantitative estimate of drug-likeness (QED) is 0.710. The van der Waals surface area contributed by atoms with E-state index in [0.717, 1.165) is 35.7 Å². The van der Waals surface area contributed by atoms with E-state index in [0.29, 0.717) is 5.95 Å². The average Bonchev–Trinajstić information content (AvgIpc) is 2.47. The highest BCUT2D eigenvalue weighted by molar-refractivity contribution is 5.89. The third kappa shape index (κ3) is 4.59. The predicted octanol–water partition coefficient (Wildman–Crippen LogP) is 4.30. The molecule has 1 aromatic heterocycles. The Morgan fingerprint density at radius 3 is 2.62 bits per heavy atom. The van der Waals surface area contributed by atoms with Crippen LogP contribution < -0.4 is 10.6 Å². The van der Waals surface area contributed by atoms with Gasteiger partial charge in [-0.05, 0) is 31.4 Å². The average molecular weight is 286 g/mol. The van der Waals surface area contributed by atoms with E-state index < -0.39 is 0 Å². The van der Waals surface area contributed by atoms with Crippen molar-refractivity contribution < 1.29 is 0 Å². The van der Waals surface area contributed by atoms with Crippen molar-refractivity contribution in [3.63, 3.8) is 0 Å². The van der Waals surface area contributed by atoms with Crippen molar-refractivity contribution in [2.24, 2.45) is 5.92 Å². The van der Waals surface area contributed by atoms with Crippen molar-refractivity contribution in [2.75, 3.05) is 23.7 Å². The Morgan fingerprint density at radius 2 is 1.86 bits per heavy atom. The van der Waals surface area contributed by atoms with Crippen molar-refractivity contribution in [3.05, 3.63) is 24.3 Å². The van der Waals surface area contributed by atoms with Crippen molar-refractivity contribution in [1.29, 1.82) is 0 Å². The first kappa shape index (κ1) is 15.5. The van der Waals surface area contributed by atoms with E-state index in [-0.39, 0.29) is 0 Å². The summed E-state index contributed by atoms with van der Waals surface area (Å²) >= 11 is 0. The summed E-state index contributed by atoms with van der Waals surface area (Å²) in [4.78, 5) is 9.12. The minimum absolute atomic E-state index is 0.695. The van der Waals surface area contributed by atoms with E-state index in [1.54, 1.807) is 0 Å². The van der Waals surface area contributed by atoms with Gasteiger partial charge < -0.3 is 10.6 Å². The Hall–Kier alpha value is -1.84. The summed E-state index contributed by atoms with van der Waals surface area (Å²) in [6.45, 7) is 8.38. The fourth-order valence-corrected chi connectivity index (χ4v) is 2.33. The number of hydrogen-bond donors (Lipinski definition) is 2. The van der Waals surface area contributed by atoms with Crippen LogP contribution in [0.1, 0.15) is 40.0 Å². The first-order chi connectivity index (χ1) is 10.2. The molecule has 0 unspecified atom stereocenters. The van der Waals surface area contributed by atoms with Gasteiger partial charge in [-0.3, -0.25) is 0 Å². The molecule has 0 atom stereocenters. The largest absolute Gasteiger partial charge is 0.369 e. The summed E-state index contributed by atoms with van der Waals surface area (Å²) < 4.78 is 0. The Labute approximate surface area is 127 Å². The number of unbranched alkanes of at least 4 members (excludes halogenated alkanes) is 1. The van der Waals surface area contributed by atoms with Gasteiger partial charge in [-0.2, -0.15) is 4.98 Å². The van der Waals surface area contributed by atoms with E-state index >= 15 is 0 Å². The van der Waals surface area contributed by atoms with Crippen LogP contribution in [0.25, 0.3) is 10.9 Å². The number of rotatable bonds is 8. The molecule has 1 aromatic carbocycles. The van der Waals surface area contributed by atoms with E-state index in [9.17, 15) is 0 Å². The van der Waals surface area contributed by atoms with Crippen LogP contribution in [-0.2, 0) is 0 Å². The lowest BCUT2D eigenvalue weighted by atomic mass is 10.1. The molecule has 4 heteroatoms. The zero-order valence-electron chi connectivity index (χ0n) is 13.3. The first-order valence-corrected chi connectivity index (χ1v) is 7.95. The molecule has 21 heavy (non-hydrogen) atoms. The maximum absolute atomic E-state index is 4.59. The normalized spacial score (nSPS) is 11.0. The molecule has 2 rings (SSSR count). The predicted molar refractivity (Wildman–Crippen MR) is 90.9 cm³/mol. The second-order valence-corrected chi connectivity index (χ2v) is 5.76. The van der Waals surface area contributed by atoms with Crippen LogP contribution >= 0.6 is 0 Å². The number of hydrogen-bond acceptors (Lipinski definition) is 4. The van der Waals surface area contributed by atoms with Gasteiger partial charge in [0.05, 0.1) is 5.52 Å². The topological polar surface area (TPSA) is 49.8 Å². The molecule has 0 aliphatic heterocycles. The molecule has 2 aromatic rings. The molecule has 1 heterocycles. The van der Waals surface area contributed by atoms with Gasteiger partial charge in [-0.1, -0.05) is 38.8 Å². The zero-order valence-corrected chi connectivity index (χ0v) is 13.3. The summed E-state index contributed by atoms with van der Waals surface area (Å²) in [7, 11) is 0. The Morgan fingerprint density at radius 1 is 1.05 bits per heavy atom. The third-order valence-corrected chi connectivity index (χ3v) is 3.44. The maximum Gasteiger partial charge on any atom is 0.225 e. The molecule has 0 aliphatic carbocycles. The van der Waals surface area contributed by atoms with Gasteiger partial charge in [-0.15, -0.1) is 0 Å². The van der Waals surface area contributed by atoms with Crippen LogP contribution in [0, 0.1) is 5.92 Å². The minimum Gasteiger partial charge on any atom is -0.369 e. The number of nitrogens with one attached hydrogen (secondary N) is 2. The SMILES string of the molecule is CCNc1nc(NCCCCC(C)C)c2ccccc2n1. The molecule has 0 aliphatic rings. The molecule has 0 fully saturated rings. The van der Waals surface area contributed by atoms with Gasteiger partial charge >= 0.3 is 0 Å². The second-order valence-electron chi connectivity index (χ2n) is 5.76. The van der Waals surface area contributed by atoms with Gasteiger partial charge in [0, 0.05) is 18.5 Å². The van der Waals surface area contributed by atoms with Crippen LogP contribution in [0.3, 0.4) is 0 Å². The van der Waals surface area contributed by atoms with Crippen LogP contribution in [0.15, 0.2) is 24.3 Å². The number of nitrogens with zero attached hydrogens (tertiary/aromatic N) is 2. The highest BCUT2D eigenvalue weighted by Gasteiger charge is 2.06. The number of aromatic nitrogens is 2. The molecule has 0 spiro atoms. The molecular formula is C17H26N4. The maximum atomic E-state index is 4.59. The standard InChI is InChI=1S/C17H26N4/c1-4-18-17-20-15-11-6-5-10-14(15)16(21-17)19-12-8-7-9-13(2)3/h5-6,10-11,13H,4,7-9,12H2,1-3H3,(H2,18,19,20,21).